The van der Waals surface area contributed by atoms with E-state index >= 15 is 0 Å². The molecule has 7 nitrogen and oxygen atoms in total. The topological polar surface area (TPSA) is 76.8 Å². The molecule has 1 amide bonds. The van der Waals surface area contributed by atoms with E-state index < -0.39 is 0 Å². The third-order valence-corrected chi connectivity index (χ3v) is 7.08. The quantitative estimate of drug-likeness (QED) is 0.351. The molecule has 3 heterocycles. The fraction of sp³-hybridized carbons (Fsp3) is 0.409. The van der Waals surface area contributed by atoms with Crippen molar-refractivity contribution in [1.29, 1.82) is 0 Å². The van der Waals surface area contributed by atoms with Crippen molar-refractivity contribution in [2.45, 2.75) is 49.2 Å². The average molecular weight is 489 g/mol. The third-order valence-electron chi connectivity index (χ3n) is 5.09. The van der Waals surface area contributed by atoms with Crippen LogP contribution >= 0.6 is 35.1 Å². The van der Waals surface area contributed by atoms with Gasteiger partial charge in [0, 0.05) is 29.5 Å². The van der Waals surface area contributed by atoms with Crippen molar-refractivity contribution in [1.82, 2.24) is 29.6 Å². The largest absolute Gasteiger partial charge is 0.342 e. The molecule has 0 atom stereocenters. The number of aryl methyl sites for hydroxylation is 2. The highest BCUT2D eigenvalue weighted by Gasteiger charge is 2.20. The monoisotopic (exact) mass is 488 g/mol. The molecule has 0 aliphatic carbocycles. The highest BCUT2D eigenvalue weighted by molar-refractivity contribution is 7.99. The summed E-state index contributed by atoms with van der Waals surface area (Å²) in [6.45, 7) is 5.61. The van der Waals surface area contributed by atoms with Gasteiger partial charge in [0.05, 0.1) is 17.2 Å². The lowest BCUT2D eigenvalue weighted by molar-refractivity contribution is -0.129. The second-order valence-corrected chi connectivity index (χ2v) is 9.99. The van der Waals surface area contributed by atoms with E-state index in [1.807, 2.05) is 53.6 Å². The van der Waals surface area contributed by atoms with Crippen LogP contribution in [0.25, 0.3) is 5.69 Å². The van der Waals surface area contributed by atoms with Gasteiger partial charge in [-0.1, -0.05) is 41.2 Å². The van der Waals surface area contributed by atoms with Gasteiger partial charge in [-0.15, -0.1) is 10.2 Å². The average Bonchev–Trinajstić information content (AvgIpc) is 3.19. The predicted octanol–water partition coefficient (Wildman–Crippen LogP) is 4.72. The number of carbonyl (C=O) groups excluding carboxylic acids is 1. The lowest BCUT2D eigenvalue weighted by Crippen LogP contribution is -2.36. The zero-order chi connectivity index (χ0) is 22.5. The molecule has 2 aromatic heterocycles. The van der Waals surface area contributed by atoms with Crippen molar-refractivity contribution >= 4 is 41.0 Å². The van der Waals surface area contributed by atoms with Crippen molar-refractivity contribution in [2.75, 3.05) is 18.8 Å². The van der Waals surface area contributed by atoms with E-state index in [1.165, 1.54) is 29.9 Å². The summed E-state index contributed by atoms with van der Waals surface area (Å²) in [5.41, 5.74) is 2.74. The zero-order valence-electron chi connectivity index (χ0n) is 18.1. The van der Waals surface area contributed by atoms with Gasteiger partial charge in [0.25, 0.3) is 0 Å². The SMILES string of the molecule is Cc1cc(C)nc(SCc2nnc(SCC(=O)N3CCCCC3)n2-c2cccc(Cl)c2)n1. The summed E-state index contributed by atoms with van der Waals surface area (Å²) in [5.74, 6) is 1.79. The van der Waals surface area contributed by atoms with Crippen molar-refractivity contribution in [3.63, 3.8) is 0 Å². The Balaban J connectivity index is 1.55. The summed E-state index contributed by atoms with van der Waals surface area (Å²) >= 11 is 9.18. The van der Waals surface area contributed by atoms with E-state index in [9.17, 15) is 4.79 Å². The van der Waals surface area contributed by atoms with Gasteiger partial charge in [-0.3, -0.25) is 9.36 Å². The first-order valence-corrected chi connectivity index (χ1v) is 12.9. The summed E-state index contributed by atoms with van der Waals surface area (Å²) in [4.78, 5) is 23.6. The van der Waals surface area contributed by atoms with E-state index in [2.05, 4.69) is 20.2 Å². The Morgan fingerprint density at radius 2 is 1.78 bits per heavy atom. The first kappa shape index (κ1) is 23.1. The maximum Gasteiger partial charge on any atom is 0.233 e. The van der Waals surface area contributed by atoms with E-state index in [0.29, 0.717) is 26.8 Å². The minimum Gasteiger partial charge on any atom is -0.342 e. The number of aromatic nitrogens is 5. The fourth-order valence-electron chi connectivity index (χ4n) is 3.61. The minimum absolute atomic E-state index is 0.148. The molecule has 1 aliphatic heterocycles. The Hall–Kier alpha value is -2.10. The van der Waals surface area contributed by atoms with Crippen LogP contribution in [0.2, 0.25) is 5.02 Å². The number of hydrogen-bond acceptors (Lipinski definition) is 7. The van der Waals surface area contributed by atoms with Crippen LogP contribution in [0, 0.1) is 13.8 Å². The molecule has 1 fully saturated rings. The van der Waals surface area contributed by atoms with Gasteiger partial charge >= 0.3 is 0 Å². The van der Waals surface area contributed by atoms with Crippen LogP contribution in [0.3, 0.4) is 0 Å². The maximum atomic E-state index is 12.7. The molecule has 0 saturated carbocycles. The van der Waals surface area contributed by atoms with Crippen LogP contribution < -0.4 is 0 Å². The van der Waals surface area contributed by atoms with Crippen LogP contribution in [-0.2, 0) is 10.5 Å². The number of nitrogens with zero attached hydrogens (tertiary/aromatic N) is 6. The van der Waals surface area contributed by atoms with Crippen molar-refractivity contribution < 1.29 is 4.79 Å². The van der Waals surface area contributed by atoms with Gasteiger partial charge in [-0.05, 0) is 57.4 Å². The Kier molecular flexibility index (Phi) is 7.70. The second kappa shape index (κ2) is 10.7. The first-order valence-electron chi connectivity index (χ1n) is 10.6. The highest BCUT2D eigenvalue weighted by Crippen LogP contribution is 2.28. The number of benzene rings is 1. The number of carbonyl (C=O) groups is 1. The number of likely N-dealkylation sites (tertiary alicyclic amines) is 1. The number of rotatable bonds is 7. The molecule has 0 unspecified atom stereocenters. The number of piperidine rings is 1. The Morgan fingerprint density at radius 3 is 2.50 bits per heavy atom. The predicted molar refractivity (Wildman–Crippen MR) is 129 cm³/mol. The Labute approximate surface area is 201 Å². The van der Waals surface area contributed by atoms with Crippen LogP contribution in [0.1, 0.15) is 36.5 Å². The summed E-state index contributed by atoms with van der Waals surface area (Å²) in [5, 5.41) is 10.8. The zero-order valence-corrected chi connectivity index (χ0v) is 20.5. The summed E-state index contributed by atoms with van der Waals surface area (Å²) in [6.07, 6.45) is 3.36. The van der Waals surface area contributed by atoms with E-state index in [1.54, 1.807) is 0 Å². The van der Waals surface area contributed by atoms with Gasteiger partial charge < -0.3 is 4.90 Å². The smallest absolute Gasteiger partial charge is 0.233 e. The summed E-state index contributed by atoms with van der Waals surface area (Å²) < 4.78 is 1.97. The van der Waals surface area contributed by atoms with E-state index in [0.717, 1.165) is 48.8 Å². The molecule has 3 aromatic rings. The lowest BCUT2D eigenvalue weighted by atomic mass is 10.1. The van der Waals surface area contributed by atoms with Gasteiger partial charge in [0.15, 0.2) is 10.3 Å². The molecule has 0 N–H and O–H groups in total. The minimum atomic E-state index is 0.148. The molecule has 1 aromatic carbocycles. The summed E-state index contributed by atoms with van der Waals surface area (Å²) in [6, 6.07) is 9.53. The number of hydrogen-bond donors (Lipinski definition) is 0. The normalized spacial score (nSPS) is 14.0. The standard InChI is InChI=1S/C22H25ClN6OS2/c1-15-11-16(2)25-21(24-15)31-13-19-26-27-22(29(19)18-8-6-7-17(23)12-18)32-14-20(30)28-9-4-3-5-10-28/h6-8,11-12H,3-5,9-10,13-14H2,1-2H3. The Bertz CT molecular complexity index is 1080. The molecule has 0 bridgehead atoms. The number of amides is 1. The molecule has 1 saturated heterocycles. The van der Waals surface area contributed by atoms with Crippen LogP contribution in [0.5, 0.6) is 0 Å². The molecule has 4 rings (SSSR count). The molecule has 1 aliphatic rings. The summed E-state index contributed by atoms with van der Waals surface area (Å²) in [7, 11) is 0. The molecule has 168 valence electrons. The fourth-order valence-corrected chi connectivity index (χ4v) is 5.53. The number of thioether (sulfide) groups is 2. The lowest BCUT2D eigenvalue weighted by Gasteiger charge is -2.26. The number of halogens is 1. The second-order valence-electron chi connectivity index (χ2n) is 7.67. The molecule has 10 heteroatoms. The van der Waals surface area contributed by atoms with Crippen molar-refractivity contribution in [2.24, 2.45) is 0 Å². The molecule has 0 radical (unpaired) electrons. The molecular formula is C22H25ClN6OS2. The van der Waals surface area contributed by atoms with Crippen molar-refractivity contribution in [3.8, 4) is 5.69 Å². The maximum absolute atomic E-state index is 12.7. The molecule has 0 spiro atoms. The van der Waals surface area contributed by atoms with E-state index in [4.69, 9.17) is 11.6 Å². The van der Waals surface area contributed by atoms with Crippen molar-refractivity contribution in [3.05, 3.63) is 52.6 Å². The van der Waals surface area contributed by atoms with Gasteiger partial charge in [-0.25, -0.2) is 9.97 Å². The molecule has 32 heavy (non-hydrogen) atoms. The van der Waals surface area contributed by atoms with Gasteiger partial charge in [-0.2, -0.15) is 0 Å². The highest BCUT2D eigenvalue weighted by atomic mass is 35.5. The van der Waals surface area contributed by atoms with Crippen LogP contribution in [0.4, 0.5) is 0 Å². The van der Waals surface area contributed by atoms with Gasteiger partial charge in [0.2, 0.25) is 5.91 Å². The molecular weight excluding hydrogens is 464 g/mol. The Morgan fingerprint density at radius 1 is 1.03 bits per heavy atom. The van der Waals surface area contributed by atoms with E-state index in [-0.39, 0.29) is 5.91 Å². The first-order chi connectivity index (χ1) is 15.5. The van der Waals surface area contributed by atoms with Gasteiger partial charge in [0.1, 0.15) is 5.82 Å². The van der Waals surface area contributed by atoms with Crippen LogP contribution in [-0.4, -0.2) is 54.4 Å². The van der Waals surface area contributed by atoms with Crippen LogP contribution in [0.15, 0.2) is 40.6 Å². The third kappa shape index (κ3) is 5.82.